The van der Waals surface area contributed by atoms with Crippen LogP contribution < -0.4 is 0 Å². The van der Waals surface area contributed by atoms with E-state index in [-0.39, 0.29) is 11.7 Å². The molecule has 1 aromatic carbocycles. The number of benzene rings is 1. The molecule has 0 spiro atoms. The van der Waals surface area contributed by atoms with Crippen molar-refractivity contribution in [3.8, 4) is 0 Å². The summed E-state index contributed by atoms with van der Waals surface area (Å²) in [7, 11) is 0. The quantitative estimate of drug-likeness (QED) is 0.693. The van der Waals surface area contributed by atoms with Crippen LogP contribution in [0.4, 0.5) is 0 Å². The van der Waals surface area contributed by atoms with Crippen molar-refractivity contribution in [1.29, 1.82) is 0 Å². The third kappa shape index (κ3) is 1.93. The normalized spacial score (nSPS) is 16.2. The van der Waals surface area contributed by atoms with Crippen LogP contribution in [0.15, 0.2) is 12.1 Å². The molecule has 1 aromatic rings. The average Bonchev–Trinajstić information content (AvgIpc) is 2.08. The van der Waals surface area contributed by atoms with Crippen LogP contribution >= 0.6 is 11.6 Å². The van der Waals surface area contributed by atoms with Gasteiger partial charge in [-0.25, -0.2) is 0 Å². The SMILES string of the molecule is Cc1cc(Cl)c(C(=O)C2CCC2)cc1C. The van der Waals surface area contributed by atoms with Gasteiger partial charge in [-0.3, -0.25) is 4.79 Å². The Morgan fingerprint density at radius 1 is 1.27 bits per heavy atom. The molecule has 0 radical (unpaired) electrons. The number of rotatable bonds is 2. The third-order valence-corrected chi connectivity index (χ3v) is 3.64. The maximum Gasteiger partial charge on any atom is 0.167 e. The van der Waals surface area contributed by atoms with Gasteiger partial charge in [-0.05, 0) is 49.9 Å². The Hall–Kier alpha value is -0.820. The molecule has 15 heavy (non-hydrogen) atoms. The van der Waals surface area contributed by atoms with E-state index in [1.807, 2.05) is 26.0 Å². The highest BCUT2D eigenvalue weighted by atomic mass is 35.5. The molecule has 80 valence electrons. The van der Waals surface area contributed by atoms with Crippen molar-refractivity contribution >= 4 is 17.4 Å². The summed E-state index contributed by atoms with van der Waals surface area (Å²) in [4.78, 5) is 12.0. The standard InChI is InChI=1S/C13H15ClO/c1-8-6-11(12(14)7-9(8)2)13(15)10-4-3-5-10/h6-7,10H,3-5H2,1-2H3. The van der Waals surface area contributed by atoms with Gasteiger partial charge in [0, 0.05) is 11.5 Å². The molecular weight excluding hydrogens is 208 g/mol. The molecular formula is C13H15ClO. The molecule has 0 heterocycles. The zero-order valence-corrected chi connectivity index (χ0v) is 9.90. The topological polar surface area (TPSA) is 17.1 Å². The molecule has 0 amide bonds. The second-order valence-corrected chi connectivity index (χ2v) is 4.82. The van der Waals surface area contributed by atoms with Gasteiger partial charge in [0.1, 0.15) is 0 Å². The fraction of sp³-hybridized carbons (Fsp3) is 0.462. The molecule has 0 bridgehead atoms. The predicted octanol–water partition coefficient (Wildman–Crippen LogP) is 3.94. The molecule has 1 saturated carbocycles. The summed E-state index contributed by atoms with van der Waals surface area (Å²) in [5.74, 6) is 0.457. The highest BCUT2D eigenvalue weighted by Gasteiger charge is 2.27. The Labute approximate surface area is 95.4 Å². The van der Waals surface area contributed by atoms with Gasteiger partial charge in [0.25, 0.3) is 0 Å². The average molecular weight is 223 g/mol. The molecule has 0 unspecified atom stereocenters. The summed E-state index contributed by atoms with van der Waals surface area (Å²) >= 11 is 6.10. The van der Waals surface area contributed by atoms with E-state index in [0.29, 0.717) is 10.6 Å². The van der Waals surface area contributed by atoms with Gasteiger partial charge in [0.05, 0.1) is 5.02 Å². The van der Waals surface area contributed by atoms with E-state index in [4.69, 9.17) is 11.6 Å². The molecule has 2 heteroatoms. The van der Waals surface area contributed by atoms with E-state index in [9.17, 15) is 4.79 Å². The number of carbonyl (C=O) groups is 1. The Bertz CT molecular complexity index is 405. The summed E-state index contributed by atoms with van der Waals surface area (Å²) in [5, 5.41) is 0.606. The monoisotopic (exact) mass is 222 g/mol. The van der Waals surface area contributed by atoms with Crippen LogP contribution in [-0.2, 0) is 0 Å². The smallest absolute Gasteiger partial charge is 0.167 e. The van der Waals surface area contributed by atoms with Crippen molar-refractivity contribution < 1.29 is 4.79 Å². The Morgan fingerprint density at radius 2 is 1.87 bits per heavy atom. The maximum atomic E-state index is 12.0. The minimum atomic E-state index is 0.226. The molecule has 0 aliphatic heterocycles. The maximum absolute atomic E-state index is 12.0. The highest BCUT2D eigenvalue weighted by molar-refractivity contribution is 6.34. The first-order valence-corrected chi connectivity index (χ1v) is 5.78. The van der Waals surface area contributed by atoms with Crippen LogP contribution in [0.3, 0.4) is 0 Å². The van der Waals surface area contributed by atoms with E-state index in [1.54, 1.807) is 0 Å². The van der Waals surface area contributed by atoms with Crippen LogP contribution in [0, 0.1) is 19.8 Å². The second-order valence-electron chi connectivity index (χ2n) is 4.41. The summed E-state index contributed by atoms with van der Waals surface area (Å²) in [5.41, 5.74) is 3.00. The van der Waals surface area contributed by atoms with Crippen molar-refractivity contribution in [2.45, 2.75) is 33.1 Å². The highest BCUT2D eigenvalue weighted by Crippen LogP contribution is 2.32. The fourth-order valence-corrected chi connectivity index (χ4v) is 2.17. The van der Waals surface area contributed by atoms with Gasteiger partial charge in [-0.15, -0.1) is 0 Å². The van der Waals surface area contributed by atoms with E-state index >= 15 is 0 Å². The largest absolute Gasteiger partial charge is 0.294 e. The lowest BCUT2D eigenvalue weighted by Gasteiger charge is -2.24. The molecule has 1 aliphatic carbocycles. The molecule has 0 aromatic heterocycles. The third-order valence-electron chi connectivity index (χ3n) is 3.32. The Kier molecular flexibility index (Phi) is 2.83. The van der Waals surface area contributed by atoms with Gasteiger partial charge in [-0.2, -0.15) is 0 Å². The van der Waals surface area contributed by atoms with Gasteiger partial charge in [0.15, 0.2) is 5.78 Å². The molecule has 0 saturated heterocycles. The van der Waals surface area contributed by atoms with Crippen LogP contribution in [-0.4, -0.2) is 5.78 Å². The predicted molar refractivity (Wildman–Crippen MR) is 62.6 cm³/mol. The number of hydrogen-bond acceptors (Lipinski definition) is 1. The summed E-state index contributed by atoms with van der Waals surface area (Å²) in [6, 6.07) is 3.82. The Balaban J connectivity index is 2.34. The number of hydrogen-bond donors (Lipinski definition) is 0. The molecule has 1 aliphatic rings. The summed E-state index contributed by atoms with van der Waals surface area (Å²) in [6.07, 6.45) is 3.24. The first kappa shape index (κ1) is 10.7. The van der Waals surface area contributed by atoms with Crippen LogP contribution in [0.1, 0.15) is 40.7 Å². The fourth-order valence-electron chi connectivity index (χ4n) is 1.86. The minimum Gasteiger partial charge on any atom is -0.294 e. The van der Waals surface area contributed by atoms with Gasteiger partial charge in [0.2, 0.25) is 0 Å². The van der Waals surface area contributed by atoms with Crippen molar-refractivity contribution in [3.63, 3.8) is 0 Å². The summed E-state index contributed by atoms with van der Waals surface area (Å²) in [6.45, 7) is 4.03. The van der Waals surface area contributed by atoms with Gasteiger partial charge < -0.3 is 0 Å². The number of carbonyl (C=O) groups excluding carboxylic acids is 1. The second kappa shape index (κ2) is 3.97. The zero-order chi connectivity index (χ0) is 11.0. The van der Waals surface area contributed by atoms with Crippen molar-refractivity contribution in [2.24, 2.45) is 5.92 Å². The first-order valence-electron chi connectivity index (χ1n) is 5.40. The number of ketones is 1. The number of aryl methyl sites for hydroxylation is 2. The van der Waals surface area contributed by atoms with Crippen molar-refractivity contribution in [1.82, 2.24) is 0 Å². The van der Waals surface area contributed by atoms with Crippen LogP contribution in [0.5, 0.6) is 0 Å². The van der Waals surface area contributed by atoms with Gasteiger partial charge >= 0.3 is 0 Å². The molecule has 2 rings (SSSR count). The molecule has 1 nitrogen and oxygen atoms in total. The first-order chi connectivity index (χ1) is 7.09. The number of Topliss-reactive ketones (excluding diaryl/α,β-unsaturated/α-hetero) is 1. The van der Waals surface area contributed by atoms with Crippen LogP contribution in [0.25, 0.3) is 0 Å². The lowest BCUT2D eigenvalue weighted by atomic mass is 9.79. The van der Waals surface area contributed by atoms with Crippen molar-refractivity contribution in [3.05, 3.63) is 33.8 Å². The summed E-state index contributed by atoms with van der Waals surface area (Å²) < 4.78 is 0. The lowest BCUT2D eigenvalue weighted by molar-refractivity contribution is 0.0855. The lowest BCUT2D eigenvalue weighted by Crippen LogP contribution is -2.22. The van der Waals surface area contributed by atoms with Crippen molar-refractivity contribution in [2.75, 3.05) is 0 Å². The van der Waals surface area contributed by atoms with Crippen LogP contribution in [0.2, 0.25) is 5.02 Å². The molecule has 0 N–H and O–H groups in total. The molecule has 1 fully saturated rings. The minimum absolute atomic E-state index is 0.226. The van der Waals surface area contributed by atoms with Gasteiger partial charge in [-0.1, -0.05) is 18.0 Å². The van der Waals surface area contributed by atoms with E-state index in [0.717, 1.165) is 24.0 Å². The Morgan fingerprint density at radius 3 is 2.40 bits per heavy atom. The zero-order valence-electron chi connectivity index (χ0n) is 9.14. The van der Waals surface area contributed by atoms with E-state index < -0.39 is 0 Å². The molecule has 0 atom stereocenters. The van der Waals surface area contributed by atoms with E-state index in [2.05, 4.69) is 0 Å². The van der Waals surface area contributed by atoms with E-state index in [1.165, 1.54) is 6.42 Å². The number of halogens is 1.